The third kappa shape index (κ3) is 4.26. The molecule has 0 bridgehead atoms. The lowest BCUT2D eigenvalue weighted by molar-refractivity contribution is -0.119. The minimum atomic E-state index is -0.280. The van der Waals surface area contributed by atoms with Gasteiger partial charge < -0.3 is 0 Å². The smallest absolute Gasteiger partial charge is 0.164 e. The van der Waals surface area contributed by atoms with Crippen molar-refractivity contribution in [1.82, 2.24) is 0 Å². The van der Waals surface area contributed by atoms with Gasteiger partial charge in [-0.3, -0.25) is 9.59 Å². The molecule has 0 aliphatic carbocycles. The van der Waals surface area contributed by atoms with E-state index in [0.717, 1.165) is 5.56 Å². The van der Waals surface area contributed by atoms with Crippen LogP contribution in [0.2, 0.25) is 5.02 Å². The second-order valence-electron chi connectivity index (χ2n) is 3.45. The van der Waals surface area contributed by atoms with Crippen LogP contribution in [0, 0.1) is 11.8 Å². The number of rotatable bonds is 2. The van der Waals surface area contributed by atoms with Gasteiger partial charge in [0.1, 0.15) is 0 Å². The van der Waals surface area contributed by atoms with Crippen LogP contribution in [0.15, 0.2) is 35.9 Å². The molecule has 0 N–H and O–H groups in total. The van der Waals surface area contributed by atoms with E-state index in [0.29, 0.717) is 5.02 Å². The summed E-state index contributed by atoms with van der Waals surface area (Å²) in [7, 11) is 0. The third-order valence-corrected chi connectivity index (χ3v) is 2.25. The highest BCUT2D eigenvalue weighted by Crippen LogP contribution is 2.09. The summed E-state index contributed by atoms with van der Waals surface area (Å²) in [5.41, 5.74) is 0.847. The van der Waals surface area contributed by atoms with Crippen molar-refractivity contribution in [3.8, 4) is 11.8 Å². The van der Waals surface area contributed by atoms with Crippen LogP contribution in [0.3, 0.4) is 0 Å². The van der Waals surface area contributed by atoms with Crippen molar-refractivity contribution in [2.24, 2.45) is 0 Å². The Morgan fingerprint density at radius 1 is 1.24 bits per heavy atom. The number of carbonyl (C=O) groups excluding carboxylic acids is 2. The van der Waals surface area contributed by atoms with E-state index in [9.17, 15) is 9.59 Å². The number of Topliss-reactive ketones (excluding diaryl/α,β-unsaturated/α-hetero) is 2. The average molecular weight is 247 g/mol. The molecule has 1 aromatic rings. The molecule has 0 radical (unpaired) electrons. The van der Waals surface area contributed by atoms with Crippen molar-refractivity contribution in [2.45, 2.75) is 13.8 Å². The van der Waals surface area contributed by atoms with Gasteiger partial charge in [-0.05, 0) is 32.0 Å². The Morgan fingerprint density at radius 2 is 1.88 bits per heavy atom. The summed E-state index contributed by atoms with van der Waals surface area (Å²) in [6.07, 6.45) is 1.34. The van der Waals surface area contributed by atoms with E-state index in [1.807, 2.05) is 0 Å². The molecular formula is C14H11ClO2. The fourth-order valence-electron chi connectivity index (χ4n) is 1.21. The first-order valence-electron chi connectivity index (χ1n) is 5.00. The van der Waals surface area contributed by atoms with Crippen LogP contribution >= 0.6 is 11.6 Å². The van der Waals surface area contributed by atoms with Crippen LogP contribution in [-0.4, -0.2) is 11.6 Å². The summed E-state index contributed by atoms with van der Waals surface area (Å²) >= 11 is 5.80. The molecule has 0 fully saturated rings. The van der Waals surface area contributed by atoms with Gasteiger partial charge in [0.25, 0.3) is 0 Å². The number of hydrogen-bond donors (Lipinski definition) is 0. The molecule has 3 heteroatoms. The lowest BCUT2D eigenvalue weighted by Crippen LogP contribution is -2.05. The number of benzene rings is 1. The van der Waals surface area contributed by atoms with Crippen LogP contribution in [0.4, 0.5) is 0 Å². The fourth-order valence-corrected chi connectivity index (χ4v) is 1.40. The quantitative estimate of drug-likeness (QED) is 0.348. The molecule has 0 atom stereocenters. The normalized spacial score (nSPS) is 8.88. The van der Waals surface area contributed by atoms with Crippen molar-refractivity contribution in [3.05, 3.63) is 46.5 Å². The zero-order chi connectivity index (χ0) is 12.8. The average Bonchev–Trinajstić information content (AvgIpc) is 2.23. The predicted molar refractivity (Wildman–Crippen MR) is 67.8 cm³/mol. The van der Waals surface area contributed by atoms with Gasteiger partial charge in [0, 0.05) is 16.7 Å². The number of ketones is 2. The minimum Gasteiger partial charge on any atom is -0.294 e. The SMILES string of the molecule is CC(=O)C(=CC#Cc1cccc(Cl)c1)C(C)=O. The largest absolute Gasteiger partial charge is 0.294 e. The monoisotopic (exact) mass is 246 g/mol. The molecule has 86 valence electrons. The lowest BCUT2D eigenvalue weighted by atomic mass is 10.1. The van der Waals surface area contributed by atoms with Crippen molar-refractivity contribution in [1.29, 1.82) is 0 Å². The molecular weight excluding hydrogens is 236 g/mol. The molecule has 0 aliphatic heterocycles. The van der Waals surface area contributed by atoms with E-state index < -0.39 is 0 Å². The zero-order valence-corrected chi connectivity index (χ0v) is 10.3. The van der Waals surface area contributed by atoms with Crippen molar-refractivity contribution < 1.29 is 9.59 Å². The van der Waals surface area contributed by atoms with E-state index in [1.54, 1.807) is 24.3 Å². The Morgan fingerprint density at radius 3 is 2.41 bits per heavy atom. The maximum Gasteiger partial charge on any atom is 0.164 e. The summed E-state index contributed by atoms with van der Waals surface area (Å²) < 4.78 is 0. The third-order valence-electron chi connectivity index (χ3n) is 2.02. The molecule has 0 heterocycles. The van der Waals surface area contributed by atoms with Gasteiger partial charge in [0.2, 0.25) is 0 Å². The number of carbonyl (C=O) groups is 2. The zero-order valence-electron chi connectivity index (χ0n) is 9.58. The molecule has 0 aromatic heterocycles. The van der Waals surface area contributed by atoms with Crippen LogP contribution in [-0.2, 0) is 9.59 Å². The van der Waals surface area contributed by atoms with Gasteiger partial charge in [0.15, 0.2) is 11.6 Å². The van der Waals surface area contributed by atoms with Gasteiger partial charge in [-0.15, -0.1) is 0 Å². The van der Waals surface area contributed by atoms with Crippen molar-refractivity contribution in [3.63, 3.8) is 0 Å². The summed E-state index contributed by atoms with van der Waals surface area (Å²) in [6, 6.07) is 7.05. The molecule has 0 saturated carbocycles. The van der Waals surface area contributed by atoms with Crippen LogP contribution in [0.1, 0.15) is 19.4 Å². The molecule has 1 aromatic carbocycles. The first-order chi connectivity index (χ1) is 8.00. The highest BCUT2D eigenvalue weighted by molar-refractivity contribution is 6.30. The maximum absolute atomic E-state index is 11.1. The topological polar surface area (TPSA) is 34.1 Å². The van der Waals surface area contributed by atoms with Gasteiger partial charge in [-0.2, -0.15) is 0 Å². The number of hydrogen-bond acceptors (Lipinski definition) is 2. The van der Waals surface area contributed by atoms with E-state index in [1.165, 1.54) is 19.9 Å². The van der Waals surface area contributed by atoms with E-state index >= 15 is 0 Å². The van der Waals surface area contributed by atoms with Crippen molar-refractivity contribution >= 4 is 23.2 Å². The minimum absolute atomic E-state index is 0.111. The Labute approximate surface area is 105 Å². The predicted octanol–water partition coefficient (Wildman–Crippen LogP) is 2.80. The van der Waals surface area contributed by atoms with Crippen molar-refractivity contribution in [2.75, 3.05) is 0 Å². The maximum atomic E-state index is 11.1. The van der Waals surface area contributed by atoms with Gasteiger partial charge in [-0.25, -0.2) is 0 Å². The molecule has 1 rings (SSSR count). The molecule has 0 amide bonds. The Kier molecular flexibility index (Phi) is 4.68. The number of halogens is 1. The van der Waals surface area contributed by atoms with Crippen LogP contribution in [0.5, 0.6) is 0 Å². The summed E-state index contributed by atoms with van der Waals surface area (Å²) in [4.78, 5) is 22.2. The molecule has 0 aliphatic rings. The van der Waals surface area contributed by atoms with Gasteiger partial charge in [-0.1, -0.05) is 29.5 Å². The second kappa shape index (κ2) is 6.03. The summed E-state index contributed by atoms with van der Waals surface area (Å²) in [5, 5.41) is 0.596. The summed E-state index contributed by atoms with van der Waals surface area (Å²) in [5.74, 6) is 4.93. The first kappa shape index (κ1) is 13.2. The Bertz CT molecular complexity index is 529. The van der Waals surface area contributed by atoms with E-state index in [-0.39, 0.29) is 17.1 Å². The molecule has 0 unspecified atom stereocenters. The highest BCUT2D eigenvalue weighted by Gasteiger charge is 2.07. The molecule has 0 spiro atoms. The summed E-state index contributed by atoms with van der Waals surface area (Å²) in [6.45, 7) is 2.68. The van der Waals surface area contributed by atoms with E-state index in [4.69, 9.17) is 11.6 Å². The Balaban J connectivity index is 2.96. The first-order valence-corrected chi connectivity index (χ1v) is 5.37. The van der Waals surface area contributed by atoms with E-state index in [2.05, 4.69) is 11.8 Å². The lowest BCUT2D eigenvalue weighted by Gasteiger charge is -1.93. The van der Waals surface area contributed by atoms with Gasteiger partial charge >= 0.3 is 0 Å². The standard InChI is InChI=1S/C14H11ClO2/c1-10(16)14(11(2)17)8-4-6-12-5-3-7-13(15)9-12/h3,5,7-9H,1-2H3. The van der Waals surface area contributed by atoms with Crippen LogP contribution < -0.4 is 0 Å². The van der Waals surface area contributed by atoms with Crippen LogP contribution in [0.25, 0.3) is 0 Å². The molecule has 0 saturated heterocycles. The fraction of sp³-hybridized carbons (Fsp3) is 0.143. The molecule has 17 heavy (non-hydrogen) atoms. The number of allylic oxidation sites excluding steroid dienone is 2. The molecule has 2 nitrogen and oxygen atoms in total. The Hall–Kier alpha value is -1.85. The second-order valence-corrected chi connectivity index (χ2v) is 3.89. The highest BCUT2D eigenvalue weighted by atomic mass is 35.5. The van der Waals surface area contributed by atoms with Gasteiger partial charge in [0.05, 0.1) is 5.57 Å².